The quantitative estimate of drug-likeness (QED) is 0.911. The number of rotatable bonds is 5. The van der Waals surface area contributed by atoms with Gasteiger partial charge in [0.2, 0.25) is 10.0 Å². The lowest BCUT2D eigenvalue weighted by Gasteiger charge is -2.14. The van der Waals surface area contributed by atoms with Gasteiger partial charge < -0.3 is 0 Å². The molecule has 0 unspecified atom stereocenters. The molecule has 2 rings (SSSR count). The van der Waals surface area contributed by atoms with Gasteiger partial charge in [-0.3, -0.25) is 0 Å². The fraction of sp³-hybridized carbons (Fsp3) is 0.385. The molecule has 0 fully saturated rings. The molecular weight excluding hydrogens is 312 g/mol. The lowest BCUT2D eigenvalue weighted by Crippen LogP contribution is -2.30. The Labute approximate surface area is 129 Å². The first-order chi connectivity index (χ1) is 9.79. The van der Waals surface area contributed by atoms with Crippen LogP contribution in [-0.2, 0) is 10.0 Å². The predicted octanol–water partition coefficient (Wildman–Crippen LogP) is 2.09. The Morgan fingerprint density at radius 1 is 1.29 bits per heavy atom. The van der Waals surface area contributed by atoms with Crippen LogP contribution < -0.4 is 4.72 Å². The van der Waals surface area contributed by atoms with Gasteiger partial charge in [0.25, 0.3) is 0 Å². The summed E-state index contributed by atoms with van der Waals surface area (Å²) in [7, 11) is -3.56. The maximum absolute atomic E-state index is 12.2. The third-order valence-corrected chi connectivity index (χ3v) is 4.71. The molecule has 1 heterocycles. The number of nitrogens with one attached hydrogen (secondary N) is 1. The van der Waals surface area contributed by atoms with E-state index >= 15 is 0 Å². The van der Waals surface area contributed by atoms with Crippen LogP contribution in [0, 0.1) is 13.8 Å². The number of hydrogen-bond acceptors (Lipinski definition) is 4. The van der Waals surface area contributed by atoms with E-state index in [1.807, 2.05) is 13.8 Å². The third-order valence-electron chi connectivity index (χ3n) is 3.02. The van der Waals surface area contributed by atoms with E-state index in [1.54, 1.807) is 23.7 Å². The maximum atomic E-state index is 12.2. The van der Waals surface area contributed by atoms with E-state index in [0.29, 0.717) is 10.8 Å². The minimum atomic E-state index is -3.56. The highest BCUT2D eigenvalue weighted by Crippen LogP contribution is 2.14. The van der Waals surface area contributed by atoms with Crippen LogP contribution in [0.1, 0.15) is 24.6 Å². The summed E-state index contributed by atoms with van der Waals surface area (Å²) in [5.41, 5.74) is 0. The summed E-state index contributed by atoms with van der Waals surface area (Å²) >= 11 is 5.76. The van der Waals surface area contributed by atoms with E-state index in [9.17, 15) is 8.42 Å². The first kappa shape index (κ1) is 15.9. The van der Waals surface area contributed by atoms with Crippen LogP contribution in [-0.4, -0.2) is 29.7 Å². The molecule has 1 aromatic heterocycles. The molecule has 21 heavy (non-hydrogen) atoms. The smallest absolute Gasteiger partial charge is 0.240 e. The van der Waals surface area contributed by atoms with Gasteiger partial charge in [-0.1, -0.05) is 11.6 Å². The number of halogens is 1. The van der Waals surface area contributed by atoms with Crippen LogP contribution in [0.3, 0.4) is 0 Å². The molecule has 1 N–H and O–H groups in total. The fourth-order valence-corrected chi connectivity index (χ4v) is 3.22. The van der Waals surface area contributed by atoms with Crippen molar-refractivity contribution in [2.75, 3.05) is 6.54 Å². The van der Waals surface area contributed by atoms with Gasteiger partial charge in [0.05, 0.1) is 10.9 Å². The standard InChI is InChI=1S/C13H17ClN4O2S/c1-9(18-11(3)16-10(2)17-18)8-15-21(19,20)13-6-4-12(14)5-7-13/h4-7,9,15H,8H2,1-3H3/t9-/m1/s1. The predicted molar refractivity (Wildman–Crippen MR) is 80.8 cm³/mol. The van der Waals surface area contributed by atoms with Crippen LogP contribution in [0.2, 0.25) is 5.02 Å². The molecule has 0 amide bonds. The summed E-state index contributed by atoms with van der Waals surface area (Å²) in [6, 6.07) is 5.91. The Kier molecular flexibility index (Phi) is 4.65. The van der Waals surface area contributed by atoms with E-state index in [4.69, 9.17) is 11.6 Å². The highest BCUT2D eigenvalue weighted by molar-refractivity contribution is 7.89. The van der Waals surface area contributed by atoms with Crippen LogP contribution in [0.5, 0.6) is 0 Å². The molecule has 0 spiro atoms. The van der Waals surface area contributed by atoms with Crippen molar-refractivity contribution in [2.24, 2.45) is 0 Å². The van der Waals surface area contributed by atoms with Crippen LogP contribution in [0.4, 0.5) is 0 Å². The maximum Gasteiger partial charge on any atom is 0.240 e. The number of nitrogens with zero attached hydrogens (tertiary/aromatic N) is 3. The Morgan fingerprint density at radius 3 is 2.43 bits per heavy atom. The normalized spacial score (nSPS) is 13.3. The third kappa shape index (κ3) is 3.81. The summed E-state index contributed by atoms with van der Waals surface area (Å²) in [5, 5.41) is 4.74. The van der Waals surface area contributed by atoms with Gasteiger partial charge in [0.1, 0.15) is 11.6 Å². The average Bonchev–Trinajstić information content (AvgIpc) is 2.76. The minimum absolute atomic E-state index is 0.131. The van der Waals surface area contributed by atoms with Gasteiger partial charge in [-0.05, 0) is 45.0 Å². The molecule has 0 bridgehead atoms. The summed E-state index contributed by atoms with van der Waals surface area (Å²) in [6.45, 7) is 5.75. The molecule has 6 nitrogen and oxygen atoms in total. The number of benzene rings is 1. The van der Waals surface area contributed by atoms with Gasteiger partial charge in [0, 0.05) is 11.6 Å². The number of aromatic nitrogens is 3. The molecule has 0 aliphatic rings. The largest absolute Gasteiger partial charge is 0.246 e. The Bertz CT molecular complexity index is 725. The van der Waals surface area contributed by atoms with Crippen LogP contribution in [0.15, 0.2) is 29.2 Å². The van der Waals surface area contributed by atoms with E-state index in [0.717, 1.165) is 5.82 Å². The topological polar surface area (TPSA) is 76.9 Å². The molecule has 0 aliphatic carbocycles. The zero-order valence-electron chi connectivity index (χ0n) is 12.0. The molecule has 114 valence electrons. The second kappa shape index (κ2) is 6.13. The minimum Gasteiger partial charge on any atom is -0.246 e. The highest BCUT2D eigenvalue weighted by Gasteiger charge is 2.17. The van der Waals surface area contributed by atoms with E-state index in [1.165, 1.54) is 12.1 Å². The first-order valence-electron chi connectivity index (χ1n) is 6.44. The van der Waals surface area contributed by atoms with Gasteiger partial charge in [-0.25, -0.2) is 22.8 Å². The van der Waals surface area contributed by atoms with Gasteiger partial charge in [0.15, 0.2) is 0 Å². The second-order valence-electron chi connectivity index (χ2n) is 4.81. The Morgan fingerprint density at radius 2 is 1.90 bits per heavy atom. The van der Waals surface area contributed by atoms with E-state index in [2.05, 4.69) is 14.8 Å². The lowest BCUT2D eigenvalue weighted by atomic mass is 10.3. The van der Waals surface area contributed by atoms with Crippen molar-refractivity contribution in [1.29, 1.82) is 0 Å². The molecule has 1 aromatic carbocycles. The van der Waals surface area contributed by atoms with E-state index < -0.39 is 10.0 Å². The van der Waals surface area contributed by atoms with Crippen LogP contribution >= 0.6 is 11.6 Å². The average molecular weight is 329 g/mol. The monoisotopic (exact) mass is 328 g/mol. The first-order valence-corrected chi connectivity index (χ1v) is 8.30. The van der Waals surface area contributed by atoms with Crippen LogP contribution in [0.25, 0.3) is 0 Å². The number of sulfonamides is 1. The van der Waals surface area contributed by atoms with Gasteiger partial charge in [-0.2, -0.15) is 5.10 Å². The Balaban J connectivity index is 2.08. The molecule has 0 saturated heterocycles. The molecule has 0 saturated carbocycles. The van der Waals surface area contributed by atoms with Crippen molar-refractivity contribution in [3.05, 3.63) is 40.9 Å². The summed E-state index contributed by atoms with van der Waals surface area (Å²) in [4.78, 5) is 4.39. The van der Waals surface area contributed by atoms with Crippen molar-refractivity contribution in [3.8, 4) is 0 Å². The van der Waals surface area contributed by atoms with Gasteiger partial charge >= 0.3 is 0 Å². The van der Waals surface area contributed by atoms with Crippen molar-refractivity contribution in [3.63, 3.8) is 0 Å². The number of hydrogen-bond donors (Lipinski definition) is 1. The SMILES string of the molecule is Cc1nc(C)n([C@H](C)CNS(=O)(=O)c2ccc(Cl)cc2)n1. The van der Waals surface area contributed by atoms with Gasteiger partial charge in [-0.15, -0.1) is 0 Å². The fourth-order valence-electron chi connectivity index (χ4n) is 1.97. The van der Waals surface area contributed by atoms with E-state index in [-0.39, 0.29) is 17.5 Å². The number of aryl methyl sites for hydroxylation is 2. The lowest BCUT2D eigenvalue weighted by molar-refractivity contribution is 0.466. The summed E-state index contributed by atoms with van der Waals surface area (Å²) < 4.78 is 28.6. The summed E-state index contributed by atoms with van der Waals surface area (Å²) in [5.74, 6) is 1.42. The van der Waals surface area contributed by atoms with Crippen molar-refractivity contribution < 1.29 is 8.42 Å². The molecular formula is C13H17ClN4O2S. The zero-order chi connectivity index (χ0) is 15.6. The van der Waals surface area contributed by atoms with Crippen molar-refractivity contribution in [2.45, 2.75) is 31.7 Å². The van der Waals surface area contributed by atoms with Crippen molar-refractivity contribution >= 4 is 21.6 Å². The molecule has 0 radical (unpaired) electrons. The molecule has 8 heteroatoms. The summed E-state index contributed by atoms with van der Waals surface area (Å²) in [6.07, 6.45) is 0. The molecule has 1 atom stereocenters. The molecule has 0 aliphatic heterocycles. The Hall–Kier alpha value is -1.44. The van der Waals surface area contributed by atoms with Crippen molar-refractivity contribution in [1.82, 2.24) is 19.5 Å². The second-order valence-corrected chi connectivity index (χ2v) is 7.01. The zero-order valence-corrected chi connectivity index (χ0v) is 13.6. The molecule has 2 aromatic rings. The highest BCUT2D eigenvalue weighted by atomic mass is 35.5.